The summed E-state index contributed by atoms with van der Waals surface area (Å²) in [6, 6.07) is 9.13. The van der Waals surface area contributed by atoms with Gasteiger partial charge in [-0.15, -0.1) is 0 Å². The van der Waals surface area contributed by atoms with Gasteiger partial charge in [0.1, 0.15) is 6.61 Å². The molecule has 0 saturated heterocycles. The average Bonchev–Trinajstić information content (AvgIpc) is 2.79. The molecule has 4 atom stereocenters. The van der Waals surface area contributed by atoms with E-state index in [9.17, 15) is 19.5 Å². The number of hydrogen-bond donors (Lipinski definition) is 3. The Hall–Kier alpha value is -2.67. The van der Waals surface area contributed by atoms with Crippen LogP contribution in [0, 0.1) is 17.3 Å². The van der Waals surface area contributed by atoms with E-state index in [2.05, 4.69) is 10.6 Å². The molecule has 1 aliphatic heterocycles. The smallest absolute Gasteiger partial charge is 0.309 e. The number of nitrogens with one attached hydrogen (secondary N) is 2. The molecular formula is C27H40N2O5. The maximum Gasteiger partial charge on any atom is 0.309 e. The highest BCUT2D eigenvalue weighted by Gasteiger charge is 2.32. The maximum atomic E-state index is 13.1. The minimum absolute atomic E-state index is 0.0216. The van der Waals surface area contributed by atoms with Crippen molar-refractivity contribution in [3.8, 4) is 0 Å². The van der Waals surface area contributed by atoms with Crippen molar-refractivity contribution in [2.24, 2.45) is 17.3 Å². The molecular weight excluding hydrogens is 432 g/mol. The summed E-state index contributed by atoms with van der Waals surface area (Å²) in [6.45, 7) is 7.57. The average molecular weight is 473 g/mol. The number of aliphatic hydroxyl groups excluding tert-OH is 1. The van der Waals surface area contributed by atoms with Gasteiger partial charge in [-0.1, -0.05) is 63.3 Å². The molecule has 0 fully saturated rings. The summed E-state index contributed by atoms with van der Waals surface area (Å²) in [6.07, 6.45) is 6.25. The summed E-state index contributed by atoms with van der Waals surface area (Å²) in [7, 11) is 0. The minimum Gasteiger partial charge on any atom is -0.463 e. The lowest BCUT2D eigenvalue weighted by atomic mass is 9.86. The first-order valence-electron chi connectivity index (χ1n) is 12.2. The van der Waals surface area contributed by atoms with Crippen molar-refractivity contribution in [2.75, 3.05) is 13.2 Å². The quantitative estimate of drug-likeness (QED) is 0.436. The van der Waals surface area contributed by atoms with Gasteiger partial charge in [0.15, 0.2) is 0 Å². The van der Waals surface area contributed by atoms with Crippen LogP contribution < -0.4 is 10.6 Å². The van der Waals surface area contributed by atoms with Crippen LogP contribution in [-0.4, -0.2) is 48.2 Å². The predicted molar refractivity (Wildman–Crippen MR) is 132 cm³/mol. The summed E-state index contributed by atoms with van der Waals surface area (Å²) in [5, 5.41) is 14.9. The molecule has 1 heterocycles. The van der Waals surface area contributed by atoms with Crippen LogP contribution in [0.15, 0.2) is 42.5 Å². The van der Waals surface area contributed by atoms with Crippen LogP contribution in [0.2, 0.25) is 0 Å². The van der Waals surface area contributed by atoms with E-state index in [1.54, 1.807) is 6.92 Å². The summed E-state index contributed by atoms with van der Waals surface area (Å²) < 4.78 is 5.73. The number of ether oxygens (including phenoxy) is 1. The topological polar surface area (TPSA) is 105 Å². The zero-order chi connectivity index (χ0) is 25.1. The molecule has 0 unspecified atom stereocenters. The van der Waals surface area contributed by atoms with Crippen LogP contribution in [-0.2, 0) is 25.5 Å². The monoisotopic (exact) mass is 472 g/mol. The lowest BCUT2D eigenvalue weighted by molar-refractivity contribution is -0.151. The molecule has 0 spiro atoms. The molecule has 0 aliphatic carbocycles. The highest BCUT2D eigenvalue weighted by atomic mass is 16.5. The Morgan fingerprint density at radius 2 is 1.88 bits per heavy atom. The highest BCUT2D eigenvalue weighted by Crippen LogP contribution is 2.23. The molecule has 34 heavy (non-hydrogen) atoms. The number of carbonyl (C=O) groups is 3. The summed E-state index contributed by atoms with van der Waals surface area (Å²) >= 11 is 0. The van der Waals surface area contributed by atoms with E-state index >= 15 is 0 Å². The van der Waals surface area contributed by atoms with Gasteiger partial charge in [0.25, 0.3) is 0 Å². The lowest BCUT2D eigenvalue weighted by Gasteiger charge is -2.32. The van der Waals surface area contributed by atoms with E-state index in [4.69, 9.17) is 4.74 Å². The molecule has 3 N–H and O–H groups in total. The van der Waals surface area contributed by atoms with Crippen molar-refractivity contribution in [2.45, 2.75) is 71.9 Å². The first-order chi connectivity index (χ1) is 16.1. The predicted octanol–water partition coefficient (Wildman–Crippen LogP) is 3.16. The van der Waals surface area contributed by atoms with Crippen molar-refractivity contribution in [3.05, 3.63) is 48.0 Å². The molecule has 1 aromatic rings. The van der Waals surface area contributed by atoms with Crippen molar-refractivity contribution < 1.29 is 24.2 Å². The van der Waals surface area contributed by atoms with Gasteiger partial charge in [-0.25, -0.2) is 0 Å². The number of carbonyl (C=O) groups excluding carboxylic acids is 3. The number of amides is 2. The summed E-state index contributed by atoms with van der Waals surface area (Å²) in [5.41, 5.74) is 0.737. The van der Waals surface area contributed by atoms with E-state index in [1.807, 2.05) is 63.3 Å². The number of esters is 1. The molecule has 7 nitrogen and oxygen atoms in total. The van der Waals surface area contributed by atoms with E-state index in [1.165, 1.54) is 0 Å². The molecule has 0 saturated carbocycles. The zero-order valence-electron chi connectivity index (χ0n) is 20.9. The lowest BCUT2D eigenvalue weighted by Crippen LogP contribution is -2.50. The van der Waals surface area contributed by atoms with Gasteiger partial charge in [-0.05, 0) is 43.6 Å². The fraction of sp³-hybridized carbons (Fsp3) is 0.593. The number of aliphatic hydroxyl groups is 1. The number of allylic oxidation sites excluding steroid dienone is 2. The van der Waals surface area contributed by atoms with Gasteiger partial charge in [0, 0.05) is 12.5 Å². The third kappa shape index (κ3) is 9.29. The molecule has 188 valence electrons. The van der Waals surface area contributed by atoms with Crippen molar-refractivity contribution in [1.29, 1.82) is 0 Å². The number of rotatable bonds is 6. The van der Waals surface area contributed by atoms with E-state index in [0.717, 1.165) is 5.56 Å². The second kappa shape index (κ2) is 13.3. The van der Waals surface area contributed by atoms with Crippen LogP contribution in [0.4, 0.5) is 0 Å². The summed E-state index contributed by atoms with van der Waals surface area (Å²) in [5.74, 6) is -1.60. The molecule has 0 radical (unpaired) electrons. The third-order valence-corrected chi connectivity index (χ3v) is 6.17. The molecule has 2 amide bonds. The molecule has 1 aromatic carbocycles. The Kier molecular flexibility index (Phi) is 10.8. The largest absolute Gasteiger partial charge is 0.463 e. The normalized spacial score (nSPS) is 23.5. The first kappa shape index (κ1) is 27.6. The molecule has 1 aliphatic rings. The van der Waals surface area contributed by atoms with Gasteiger partial charge >= 0.3 is 5.97 Å². The Bertz CT molecular complexity index is 831. The highest BCUT2D eigenvalue weighted by molar-refractivity contribution is 5.86. The zero-order valence-corrected chi connectivity index (χ0v) is 20.9. The molecule has 0 bridgehead atoms. The Labute approximate surface area is 203 Å². The Morgan fingerprint density at radius 3 is 2.53 bits per heavy atom. The van der Waals surface area contributed by atoms with Gasteiger partial charge in [-0.3, -0.25) is 14.4 Å². The van der Waals surface area contributed by atoms with Crippen LogP contribution in [0.3, 0.4) is 0 Å². The van der Waals surface area contributed by atoms with Crippen molar-refractivity contribution >= 4 is 17.8 Å². The fourth-order valence-electron chi connectivity index (χ4n) is 3.84. The van der Waals surface area contributed by atoms with Crippen LogP contribution >= 0.6 is 0 Å². The molecule has 2 rings (SSSR count). The SMILES string of the molecule is C[C@@H](CO)NC(=O)C[C@H]1CC=CCC[C@H](Cc2ccccc2)C(=O)OC[C@H](C(C)(C)C)NC1=O. The van der Waals surface area contributed by atoms with E-state index in [-0.39, 0.29) is 54.8 Å². The number of benzene rings is 1. The second-order valence-corrected chi connectivity index (χ2v) is 10.3. The molecule has 7 heteroatoms. The fourth-order valence-corrected chi connectivity index (χ4v) is 3.84. The summed E-state index contributed by atoms with van der Waals surface area (Å²) in [4.78, 5) is 38.5. The minimum atomic E-state index is -0.552. The van der Waals surface area contributed by atoms with Gasteiger partial charge in [-0.2, -0.15) is 0 Å². The second-order valence-electron chi connectivity index (χ2n) is 10.3. The van der Waals surface area contributed by atoms with E-state index in [0.29, 0.717) is 25.7 Å². The molecule has 0 aromatic heterocycles. The first-order valence-corrected chi connectivity index (χ1v) is 12.2. The third-order valence-electron chi connectivity index (χ3n) is 6.17. The van der Waals surface area contributed by atoms with Crippen LogP contribution in [0.1, 0.15) is 58.9 Å². The van der Waals surface area contributed by atoms with Crippen molar-refractivity contribution in [1.82, 2.24) is 10.6 Å². The Balaban J connectivity index is 2.19. The van der Waals surface area contributed by atoms with Crippen LogP contribution in [0.5, 0.6) is 0 Å². The maximum absolute atomic E-state index is 13.1. The van der Waals surface area contributed by atoms with E-state index < -0.39 is 12.0 Å². The van der Waals surface area contributed by atoms with Crippen LogP contribution in [0.25, 0.3) is 0 Å². The van der Waals surface area contributed by atoms with Gasteiger partial charge < -0.3 is 20.5 Å². The van der Waals surface area contributed by atoms with Gasteiger partial charge in [0.05, 0.1) is 24.5 Å². The number of hydrogen-bond acceptors (Lipinski definition) is 5. The standard InChI is InChI=1S/C27H40N2O5/c1-19(17-30)28-24(31)16-21-13-9-6-10-14-22(15-20-11-7-5-8-12-20)26(33)34-18-23(27(2,3)4)29-25(21)32/h5-9,11-12,19,21-23,30H,10,13-18H2,1-4H3,(H,28,31)(H,29,32)/t19-,21+,22+,23+/m0/s1. The Morgan fingerprint density at radius 1 is 1.18 bits per heavy atom. The van der Waals surface area contributed by atoms with Gasteiger partial charge in [0.2, 0.25) is 11.8 Å². The number of cyclic esters (lactones) is 1. The van der Waals surface area contributed by atoms with Crippen molar-refractivity contribution in [3.63, 3.8) is 0 Å².